The zero-order valence-corrected chi connectivity index (χ0v) is 11.8. The van der Waals surface area contributed by atoms with Crippen LogP contribution in [0.1, 0.15) is 16.7 Å². The van der Waals surface area contributed by atoms with E-state index in [0.717, 1.165) is 16.4 Å². The highest BCUT2D eigenvalue weighted by atomic mass is 32.2. The molecular weight excluding hydrogens is 254 g/mol. The van der Waals surface area contributed by atoms with E-state index in [1.54, 1.807) is 24.9 Å². The van der Waals surface area contributed by atoms with Crippen LogP contribution in [-0.4, -0.2) is 7.11 Å². The summed E-state index contributed by atoms with van der Waals surface area (Å²) in [5.74, 6) is 1.63. The Labute approximate surface area is 118 Å². The number of rotatable bonds is 4. The number of hydrogen-bond donors (Lipinski definition) is 0. The summed E-state index contributed by atoms with van der Waals surface area (Å²) < 4.78 is 5.20. The molecule has 0 aliphatic rings. The third kappa shape index (κ3) is 3.52. The van der Waals surface area contributed by atoms with Gasteiger partial charge in [0.05, 0.1) is 12.7 Å². The zero-order valence-electron chi connectivity index (χ0n) is 11.0. The molecule has 0 unspecified atom stereocenters. The van der Waals surface area contributed by atoms with Crippen LogP contribution in [-0.2, 0) is 5.75 Å². The minimum Gasteiger partial charge on any atom is -0.497 e. The van der Waals surface area contributed by atoms with Crippen molar-refractivity contribution < 1.29 is 4.74 Å². The number of ether oxygens (including phenoxy) is 1. The Balaban J connectivity index is 2.17. The average molecular weight is 269 g/mol. The molecule has 0 saturated heterocycles. The second kappa shape index (κ2) is 6.31. The molecule has 2 aromatic carbocycles. The monoisotopic (exact) mass is 269 g/mol. The zero-order chi connectivity index (χ0) is 13.7. The summed E-state index contributed by atoms with van der Waals surface area (Å²) in [5.41, 5.74) is 3.21. The molecule has 0 atom stereocenters. The Morgan fingerprint density at radius 3 is 2.74 bits per heavy atom. The Morgan fingerprint density at radius 2 is 2.05 bits per heavy atom. The fraction of sp³-hybridized carbons (Fsp3) is 0.188. The van der Waals surface area contributed by atoms with Crippen molar-refractivity contribution >= 4 is 11.8 Å². The van der Waals surface area contributed by atoms with Crippen LogP contribution in [0.3, 0.4) is 0 Å². The van der Waals surface area contributed by atoms with Gasteiger partial charge in [-0.1, -0.05) is 29.8 Å². The van der Waals surface area contributed by atoms with E-state index in [1.165, 1.54) is 11.1 Å². The molecule has 0 heterocycles. The summed E-state index contributed by atoms with van der Waals surface area (Å²) in [6.45, 7) is 2.08. The lowest BCUT2D eigenvalue weighted by atomic mass is 10.2. The molecule has 2 aromatic rings. The Hall–Kier alpha value is -1.92. The standard InChI is InChI=1S/C16H15NOS/c1-12-4-3-5-13(8-12)11-19-16-9-15(18-2)7-6-14(16)10-17/h3-9H,11H2,1-2H3. The number of thioether (sulfide) groups is 1. The van der Waals surface area contributed by atoms with Gasteiger partial charge in [-0.05, 0) is 30.7 Å². The van der Waals surface area contributed by atoms with Crippen molar-refractivity contribution in [3.05, 3.63) is 59.2 Å². The van der Waals surface area contributed by atoms with E-state index >= 15 is 0 Å². The van der Waals surface area contributed by atoms with Crippen LogP contribution in [0.4, 0.5) is 0 Å². The molecule has 0 bridgehead atoms. The molecule has 0 amide bonds. The van der Waals surface area contributed by atoms with E-state index in [0.29, 0.717) is 5.56 Å². The lowest BCUT2D eigenvalue weighted by Gasteiger charge is -2.07. The predicted molar refractivity (Wildman–Crippen MR) is 78.4 cm³/mol. The fourth-order valence-electron chi connectivity index (χ4n) is 1.80. The number of benzene rings is 2. The Kier molecular flexibility index (Phi) is 4.48. The van der Waals surface area contributed by atoms with E-state index in [9.17, 15) is 0 Å². The summed E-state index contributed by atoms with van der Waals surface area (Å²) in [6.07, 6.45) is 0. The van der Waals surface area contributed by atoms with Crippen molar-refractivity contribution in [2.24, 2.45) is 0 Å². The highest BCUT2D eigenvalue weighted by Crippen LogP contribution is 2.29. The third-order valence-electron chi connectivity index (χ3n) is 2.79. The highest BCUT2D eigenvalue weighted by molar-refractivity contribution is 7.98. The van der Waals surface area contributed by atoms with E-state index in [4.69, 9.17) is 10.00 Å². The van der Waals surface area contributed by atoms with Gasteiger partial charge in [0.1, 0.15) is 11.8 Å². The van der Waals surface area contributed by atoms with Gasteiger partial charge in [-0.25, -0.2) is 0 Å². The van der Waals surface area contributed by atoms with Crippen molar-refractivity contribution in [2.45, 2.75) is 17.6 Å². The van der Waals surface area contributed by atoms with Crippen LogP contribution in [0.5, 0.6) is 5.75 Å². The quantitative estimate of drug-likeness (QED) is 0.781. The molecule has 3 heteroatoms. The summed E-state index contributed by atoms with van der Waals surface area (Å²) in [7, 11) is 1.64. The first-order chi connectivity index (χ1) is 9.22. The maximum absolute atomic E-state index is 9.12. The van der Waals surface area contributed by atoms with Crippen LogP contribution in [0.25, 0.3) is 0 Å². The summed E-state index contributed by atoms with van der Waals surface area (Å²) in [5, 5.41) is 9.12. The largest absolute Gasteiger partial charge is 0.497 e. The topological polar surface area (TPSA) is 33.0 Å². The second-order valence-corrected chi connectivity index (χ2v) is 5.27. The predicted octanol–water partition coefficient (Wildman–Crippen LogP) is 4.17. The fourth-order valence-corrected chi connectivity index (χ4v) is 2.77. The maximum atomic E-state index is 9.12. The molecule has 2 rings (SSSR count). The summed E-state index contributed by atoms with van der Waals surface area (Å²) in [6, 6.07) is 16.2. The van der Waals surface area contributed by atoms with Gasteiger partial charge in [-0.15, -0.1) is 11.8 Å². The molecule has 19 heavy (non-hydrogen) atoms. The van der Waals surface area contributed by atoms with E-state index in [2.05, 4.69) is 37.3 Å². The minimum absolute atomic E-state index is 0.693. The van der Waals surface area contributed by atoms with Gasteiger partial charge in [0.2, 0.25) is 0 Å². The minimum atomic E-state index is 0.693. The third-order valence-corrected chi connectivity index (χ3v) is 3.91. The summed E-state index contributed by atoms with van der Waals surface area (Å²) in [4.78, 5) is 0.961. The molecule has 0 N–H and O–H groups in total. The van der Waals surface area contributed by atoms with E-state index < -0.39 is 0 Å². The lowest BCUT2D eigenvalue weighted by Crippen LogP contribution is -1.88. The normalized spacial score (nSPS) is 9.95. The molecule has 0 spiro atoms. The van der Waals surface area contributed by atoms with Gasteiger partial charge in [-0.3, -0.25) is 0 Å². The average Bonchev–Trinajstić information content (AvgIpc) is 2.45. The smallest absolute Gasteiger partial charge is 0.120 e. The lowest BCUT2D eigenvalue weighted by molar-refractivity contribution is 0.413. The molecular formula is C16H15NOS. The SMILES string of the molecule is COc1ccc(C#N)c(SCc2cccc(C)c2)c1. The van der Waals surface area contributed by atoms with E-state index in [-0.39, 0.29) is 0 Å². The molecule has 96 valence electrons. The number of hydrogen-bond acceptors (Lipinski definition) is 3. The number of aryl methyl sites for hydroxylation is 1. The van der Waals surface area contributed by atoms with Gasteiger partial charge in [0.15, 0.2) is 0 Å². The maximum Gasteiger partial charge on any atom is 0.120 e. The van der Waals surface area contributed by atoms with Crippen LogP contribution < -0.4 is 4.74 Å². The van der Waals surface area contributed by atoms with Crippen molar-refractivity contribution in [1.82, 2.24) is 0 Å². The van der Waals surface area contributed by atoms with Gasteiger partial charge < -0.3 is 4.74 Å². The molecule has 0 fully saturated rings. The van der Waals surface area contributed by atoms with Gasteiger partial charge in [-0.2, -0.15) is 5.26 Å². The summed E-state index contributed by atoms with van der Waals surface area (Å²) >= 11 is 1.66. The Bertz CT molecular complexity index is 616. The van der Waals surface area contributed by atoms with Gasteiger partial charge in [0.25, 0.3) is 0 Å². The van der Waals surface area contributed by atoms with Crippen LogP contribution in [0.2, 0.25) is 0 Å². The number of nitriles is 1. The molecule has 0 saturated carbocycles. The molecule has 0 aliphatic carbocycles. The first-order valence-electron chi connectivity index (χ1n) is 5.99. The van der Waals surface area contributed by atoms with Crippen molar-refractivity contribution in [1.29, 1.82) is 5.26 Å². The van der Waals surface area contributed by atoms with Crippen LogP contribution in [0.15, 0.2) is 47.4 Å². The highest BCUT2D eigenvalue weighted by Gasteiger charge is 2.05. The second-order valence-electron chi connectivity index (χ2n) is 4.25. The Morgan fingerprint density at radius 1 is 1.21 bits per heavy atom. The molecule has 0 aliphatic heterocycles. The van der Waals surface area contributed by atoms with Crippen LogP contribution >= 0.6 is 11.8 Å². The van der Waals surface area contributed by atoms with Crippen molar-refractivity contribution in [3.8, 4) is 11.8 Å². The molecule has 2 nitrogen and oxygen atoms in total. The number of methoxy groups -OCH3 is 1. The van der Waals surface area contributed by atoms with Gasteiger partial charge >= 0.3 is 0 Å². The molecule has 0 aromatic heterocycles. The van der Waals surface area contributed by atoms with E-state index in [1.807, 2.05) is 12.1 Å². The van der Waals surface area contributed by atoms with Gasteiger partial charge in [0, 0.05) is 10.6 Å². The van der Waals surface area contributed by atoms with Crippen LogP contribution in [0, 0.1) is 18.3 Å². The van der Waals surface area contributed by atoms with Crippen molar-refractivity contribution in [2.75, 3.05) is 7.11 Å². The molecule has 0 radical (unpaired) electrons. The number of nitrogens with zero attached hydrogens (tertiary/aromatic N) is 1. The van der Waals surface area contributed by atoms with Crippen molar-refractivity contribution in [3.63, 3.8) is 0 Å². The first-order valence-corrected chi connectivity index (χ1v) is 6.98. The first kappa shape index (κ1) is 13.5.